The van der Waals surface area contributed by atoms with Crippen molar-refractivity contribution in [2.75, 3.05) is 31.1 Å². The van der Waals surface area contributed by atoms with Gasteiger partial charge < -0.3 is 18.7 Å². The van der Waals surface area contributed by atoms with Crippen molar-refractivity contribution in [3.05, 3.63) is 22.9 Å². The zero-order valence-electron chi connectivity index (χ0n) is 15.5. The Kier molecular flexibility index (Phi) is 4.53. The minimum Gasteiger partial charge on any atom is -0.408 e. The highest BCUT2D eigenvalue weighted by Crippen LogP contribution is 2.28. The SMILES string of the molecule is CCc1nnc(N2CCN(C(=O)c3c(C(C)(C)C)noc3C)CC2)o1. The van der Waals surface area contributed by atoms with E-state index in [0.29, 0.717) is 61.5 Å². The van der Waals surface area contributed by atoms with Crippen LogP contribution in [0.15, 0.2) is 8.94 Å². The second-order valence-electron chi connectivity index (χ2n) is 7.32. The van der Waals surface area contributed by atoms with Crippen molar-refractivity contribution in [1.29, 1.82) is 0 Å². The summed E-state index contributed by atoms with van der Waals surface area (Å²) in [5, 5.41) is 12.2. The number of hydrogen-bond acceptors (Lipinski definition) is 7. The van der Waals surface area contributed by atoms with Crippen LogP contribution in [0, 0.1) is 6.92 Å². The highest BCUT2D eigenvalue weighted by atomic mass is 16.5. The smallest absolute Gasteiger partial charge is 0.318 e. The molecule has 0 aliphatic carbocycles. The number of amides is 1. The molecule has 0 N–H and O–H groups in total. The summed E-state index contributed by atoms with van der Waals surface area (Å²) in [5.41, 5.74) is 1.05. The number of rotatable bonds is 3. The second kappa shape index (κ2) is 6.50. The average molecular weight is 347 g/mol. The Morgan fingerprint density at radius 1 is 1.16 bits per heavy atom. The summed E-state index contributed by atoms with van der Waals surface area (Å²) in [6.07, 6.45) is 0.716. The fourth-order valence-electron chi connectivity index (χ4n) is 2.91. The molecule has 1 amide bonds. The lowest BCUT2D eigenvalue weighted by atomic mass is 9.88. The standard InChI is InChI=1S/C17H25N5O3/c1-6-12-18-19-16(24-12)22-9-7-21(8-10-22)15(23)13-11(2)25-20-14(13)17(3,4)5/h6-10H2,1-5H3. The fourth-order valence-corrected chi connectivity index (χ4v) is 2.91. The number of hydrogen-bond donors (Lipinski definition) is 0. The Bertz CT molecular complexity index is 751. The van der Waals surface area contributed by atoms with Crippen LogP contribution >= 0.6 is 0 Å². The highest BCUT2D eigenvalue weighted by Gasteiger charge is 2.33. The Balaban J connectivity index is 1.71. The zero-order valence-corrected chi connectivity index (χ0v) is 15.5. The summed E-state index contributed by atoms with van der Waals surface area (Å²) in [6.45, 7) is 12.4. The van der Waals surface area contributed by atoms with E-state index in [2.05, 4.69) is 15.4 Å². The van der Waals surface area contributed by atoms with E-state index in [1.807, 2.05) is 37.5 Å². The van der Waals surface area contributed by atoms with Crippen molar-refractivity contribution in [1.82, 2.24) is 20.3 Å². The maximum absolute atomic E-state index is 13.0. The monoisotopic (exact) mass is 347 g/mol. The number of piperazine rings is 1. The van der Waals surface area contributed by atoms with E-state index in [1.165, 1.54) is 0 Å². The predicted octanol–water partition coefficient (Wildman–Crippen LogP) is 2.19. The van der Waals surface area contributed by atoms with Crippen LogP contribution in [0.2, 0.25) is 0 Å². The minimum absolute atomic E-state index is 0.0249. The Labute approximate surface area is 147 Å². The van der Waals surface area contributed by atoms with Gasteiger partial charge in [0.1, 0.15) is 17.0 Å². The van der Waals surface area contributed by atoms with E-state index in [9.17, 15) is 4.79 Å². The summed E-state index contributed by atoms with van der Waals surface area (Å²) in [6, 6.07) is 0.528. The summed E-state index contributed by atoms with van der Waals surface area (Å²) in [5.74, 6) is 1.17. The molecule has 1 saturated heterocycles. The van der Waals surface area contributed by atoms with E-state index < -0.39 is 0 Å². The maximum atomic E-state index is 13.0. The first-order valence-electron chi connectivity index (χ1n) is 8.64. The van der Waals surface area contributed by atoms with E-state index in [4.69, 9.17) is 8.94 Å². The van der Waals surface area contributed by atoms with Crippen molar-refractivity contribution < 1.29 is 13.7 Å². The van der Waals surface area contributed by atoms with E-state index in [1.54, 1.807) is 6.92 Å². The first-order valence-corrected chi connectivity index (χ1v) is 8.64. The van der Waals surface area contributed by atoms with Gasteiger partial charge in [0.05, 0.1) is 0 Å². The molecule has 3 rings (SSSR count). The molecule has 1 aliphatic rings. The molecule has 0 aromatic carbocycles. The number of aryl methyl sites for hydroxylation is 2. The molecule has 136 valence electrons. The molecule has 1 aliphatic heterocycles. The van der Waals surface area contributed by atoms with Gasteiger partial charge >= 0.3 is 6.01 Å². The fraction of sp³-hybridized carbons (Fsp3) is 0.647. The molecule has 0 unspecified atom stereocenters. The molecule has 25 heavy (non-hydrogen) atoms. The van der Waals surface area contributed by atoms with Crippen LogP contribution in [-0.2, 0) is 11.8 Å². The average Bonchev–Trinajstić information content (AvgIpc) is 3.20. The Hall–Kier alpha value is -2.38. The van der Waals surface area contributed by atoms with Crippen molar-refractivity contribution in [3.63, 3.8) is 0 Å². The highest BCUT2D eigenvalue weighted by molar-refractivity contribution is 5.96. The summed E-state index contributed by atoms with van der Waals surface area (Å²) >= 11 is 0. The zero-order chi connectivity index (χ0) is 18.2. The van der Waals surface area contributed by atoms with Crippen molar-refractivity contribution in [3.8, 4) is 0 Å². The lowest BCUT2D eigenvalue weighted by molar-refractivity contribution is 0.0741. The third-order valence-corrected chi connectivity index (χ3v) is 4.38. The van der Waals surface area contributed by atoms with Gasteiger partial charge in [0.2, 0.25) is 5.89 Å². The molecular formula is C17H25N5O3. The predicted molar refractivity (Wildman–Crippen MR) is 91.7 cm³/mol. The molecule has 0 spiro atoms. The van der Waals surface area contributed by atoms with Crippen LogP contribution in [0.5, 0.6) is 0 Å². The number of carbonyl (C=O) groups is 1. The molecule has 0 saturated carbocycles. The molecule has 0 bridgehead atoms. The van der Waals surface area contributed by atoms with E-state index >= 15 is 0 Å². The summed E-state index contributed by atoms with van der Waals surface area (Å²) < 4.78 is 10.9. The first-order chi connectivity index (χ1) is 11.8. The first kappa shape index (κ1) is 17.4. The van der Waals surface area contributed by atoms with Gasteiger partial charge in [-0.05, 0) is 6.92 Å². The quantitative estimate of drug-likeness (QED) is 0.841. The summed E-state index contributed by atoms with van der Waals surface area (Å²) in [4.78, 5) is 16.8. The van der Waals surface area contributed by atoms with Crippen LogP contribution in [0.25, 0.3) is 0 Å². The maximum Gasteiger partial charge on any atom is 0.318 e. The van der Waals surface area contributed by atoms with E-state index in [-0.39, 0.29) is 11.3 Å². The third kappa shape index (κ3) is 3.38. The summed E-state index contributed by atoms with van der Waals surface area (Å²) in [7, 11) is 0. The molecule has 8 heteroatoms. The number of aromatic nitrogens is 3. The number of anilines is 1. The third-order valence-electron chi connectivity index (χ3n) is 4.38. The molecule has 0 atom stereocenters. The van der Waals surface area contributed by atoms with Gasteiger partial charge in [0, 0.05) is 38.0 Å². The molecule has 3 heterocycles. The van der Waals surface area contributed by atoms with Gasteiger partial charge in [0.25, 0.3) is 5.91 Å². The van der Waals surface area contributed by atoms with Gasteiger partial charge in [-0.1, -0.05) is 38.0 Å². The largest absolute Gasteiger partial charge is 0.408 e. The number of nitrogens with zero attached hydrogens (tertiary/aromatic N) is 5. The van der Waals surface area contributed by atoms with Gasteiger partial charge in [-0.15, -0.1) is 5.10 Å². The normalized spacial score (nSPS) is 15.7. The molecule has 0 radical (unpaired) electrons. The molecular weight excluding hydrogens is 322 g/mol. The van der Waals surface area contributed by atoms with Gasteiger partial charge in [-0.25, -0.2) is 0 Å². The van der Waals surface area contributed by atoms with E-state index in [0.717, 1.165) is 0 Å². The van der Waals surface area contributed by atoms with Crippen molar-refractivity contribution >= 4 is 11.9 Å². The van der Waals surface area contributed by atoms with Gasteiger partial charge in [-0.2, -0.15) is 0 Å². The van der Waals surface area contributed by atoms with Crippen LogP contribution in [0.4, 0.5) is 6.01 Å². The van der Waals surface area contributed by atoms with Crippen LogP contribution in [0.3, 0.4) is 0 Å². The minimum atomic E-state index is -0.245. The molecule has 1 fully saturated rings. The van der Waals surface area contributed by atoms with Crippen molar-refractivity contribution in [2.45, 2.75) is 46.5 Å². The molecule has 2 aromatic rings. The number of carbonyl (C=O) groups excluding carboxylic acids is 1. The molecule has 8 nitrogen and oxygen atoms in total. The second-order valence-corrected chi connectivity index (χ2v) is 7.32. The van der Waals surface area contributed by atoms with Gasteiger partial charge in [0.15, 0.2) is 0 Å². The Morgan fingerprint density at radius 3 is 2.40 bits per heavy atom. The van der Waals surface area contributed by atoms with Crippen molar-refractivity contribution in [2.24, 2.45) is 0 Å². The van der Waals surface area contributed by atoms with Gasteiger partial charge in [-0.3, -0.25) is 4.79 Å². The lowest BCUT2D eigenvalue weighted by Crippen LogP contribution is -2.49. The van der Waals surface area contributed by atoms with Crippen LogP contribution in [0.1, 0.15) is 55.4 Å². The lowest BCUT2D eigenvalue weighted by Gasteiger charge is -2.34. The van der Waals surface area contributed by atoms with Crippen LogP contribution < -0.4 is 4.90 Å². The van der Waals surface area contributed by atoms with Crippen LogP contribution in [-0.4, -0.2) is 52.3 Å². The molecule has 2 aromatic heterocycles. The Morgan fingerprint density at radius 2 is 1.84 bits per heavy atom. The topological polar surface area (TPSA) is 88.5 Å².